The Labute approximate surface area is 232 Å². The smallest absolute Gasteiger partial charge is 0.337 e. The summed E-state index contributed by atoms with van der Waals surface area (Å²) in [4.78, 5) is 15.5. The lowest BCUT2D eigenvalue weighted by Gasteiger charge is -2.53. The van der Waals surface area contributed by atoms with Crippen LogP contribution >= 0.6 is 22.6 Å². The molecule has 0 amide bonds. The summed E-state index contributed by atoms with van der Waals surface area (Å²) in [6.07, 6.45) is 3.91. The van der Waals surface area contributed by atoms with Gasteiger partial charge < -0.3 is 24.6 Å². The second-order valence-corrected chi connectivity index (χ2v) is 11.4. The number of piperidine rings is 2. The summed E-state index contributed by atoms with van der Waals surface area (Å²) in [5, 5.41) is 15.6. The number of fused-ring (bicyclic) bond motifs is 5. The second-order valence-electron chi connectivity index (χ2n) is 10.2. The summed E-state index contributed by atoms with van der Waals surface area (Å²) < 4.78 is 18.0. The van der Waals surface area contributed by atoms with E-state index >= 15 is 0 Å². The molecular formula is C29H35IN2O5. The predicted molar refractivity (Wildman–Crippen MR) is 150 cm³/mol. The van der Waals surface area contributed by atoms with Crippen LogP contribution < -0.4 is 10.1 Å². The van der Waals surface area contributed by atoms with Crippen LogP contribution in [-0.4, -0.2) is 55.4 Å². The van der Waals surface area contributed by atoms with Crippen molar-refractivity contribution in [3.8, 4) is 5.75 Å². The molecule has 2 fully saturated rings. The molecule has 0 aromatic heterocycles. The first kappa shape index (κ1) is 26.3. The zero-order valence-electron chi connectivity index (χ0n) is 21.6. The van der Waals surface area contributed by atoms with Crippen LogP contribution in [0.5, 0.6) is 5.75 Å². The highest BCUT2D eigenvalue weighted by Gasteiger charge is 2.57. The molecule has 7 nitrogen and oxygen atoms in total. The van der Waals surface area contributed by atoms with E-state index in [1.165, 1.54) is 7.11 Å². The molecule has 2 saturated heterocycles. The van der Waals surface area contributed by atoms with E-state index in [4.69, 9.17) is 14.2 Å². The van der Waals surface area contributed by atoms with Gasteiger partial charge in [-0.25, -0.2) is 4.79 Å². The zero-order chi connectivity index (χ0) is 26.2. The number of nitrogens with one attached hydrogen (secondary N) is 1. The molecule has 2 aromatic carbocycles. The summed E-state index contributed by atoms with van der Waals surface area (Å²) in [5.74, 6) is 0.603. The highest BCUT2D eigenvalue weighted by Crippen LogP contribution is 2.53. The molecule has 3 aliphatic heterocycles. The van der Waals surface area contributed by atoms with Crippen LogP contribution in [0, 0.1) is 15.4 Å². The van der Waals surface area contributed by atoms with Crippen molar-refractivity contribution >= 4 is 34.2 Å². The predicted octanol–water partition coefficient (Wildman–Crippen LogP) is 4.68. The van der Waals surface area contributed by atoms with E-state index < -0.39 is 5.60 Å². The topological polar surface area (TPSA) is 80.3 Å². The van der Waals surface area contributed by atoms with Crippen LogP contribution in [0.2, 0.25) is 0 Å². The Kier molecular flexibility index (Phi) is 7.70. The number of ether oxygens (including phenoxy) is 3. The molecule has 0 aliphatic carbocycles. The molecule has 5 rings (SSSR count). The van der Waals surface area contributed by atoms with Gasteiger partial charge in [0.15, 0.2) is 0 Å². The molecule has 2 aromatic rings. The molecule has 0 spiro atoms. The Hall–Kier alpha value is -2.30. The monoisotopic (exact) mass is 618 g/mol. The standard InChI is InChI=1S/C29H35IN2O5/c1-4-18-15-32-13-12-29(34)26-23(10-7-11-25(26)35-2)31-27(29)24(32)14-20(18)21(28(33)36-3)17-37-16-19-8-5-6-9-22(19)30/h5-11,17-18,20,24,27,31,34H,4,12-16H2,1-3H3/b21-17+/t18-,20+,24+,27-,29+/m1/s1. The minimum atomic E-state index is -1.03. The third-order valence-corrected chi connectivity index (χ3v) is 9.48. The van der Waals surface area contributed by atoms with Crippen LogP contribution in [0.4, 0.5) is 5.69 Å². The summed E-state index contributed by atoms with van der Waals surface area (Å²) in [6, 6.07) is 13.8. The lowest BCUT2D eigenvalue weighted by molar-refractivity contribution is -0.138. The molecule has 0 bridgehead atoms. The molecule has 37 heavy (non-hydrogen) atoms. The number of esters is 1. The van der Waals surface area contributed by atoms with Gasteiger partial charge in [-0.3, -0.25) is 4.90 Å². The van der Waals surface area contributed by atoms with E-state index in [0.717, 1.165) is 46.3 Å². The number of hydrogen-bond donors (Lipinski definition) is 2. The number of halogens is 1. The van der Waals surface area contributed by atoms with Gasteiger partial charge in [0.05, 0.1) is 37.7 Å². The van der Waals surface area contributed by atoms with Crippen molar-refractivity contribution in [1.82, 2.24) is 4.90 Å². The Morgan fingerprint density at radius 1 is 1.24 bits per heavy atom. The fourth-order valence-corrected chi connectivity index (χ4v) is 7.07. The van der Waals surface area contributed by atoms with Crippen LogP contribution in [0.15, 0.2) is 54.3 Å². The van der Waals surface area contributed by atoms with Gasteiger partial charge in [0, 0.05) is 34.0 Å². The number of benzene rings is 2. The molecule has 0 unspecified atom stereocenters. The number of methoxy groups -OCH3 is 2. The lowest BCUT2D eigenvalue weighted by Crippen LogP contribution is -2.64. The van der Waals surface area contributed by atoms with Crippen molar-refractivity contribution in [3.05, 3.63) is 69.0 Å². The molecular weight excluding hydrogens is 583 g/mol. The average molecular weight is 619 g/mol. The highest BCUT2D eigenvalue weighted by molar-refractivity contribution is 14.1. The van der Waals surface area contributed by atoms with Crippen molar-refractivity contribution in [3.63, 3.8) is 0 Å². The maximum atomic E-state index is 13.0. The van der Waals surface area contributed by atoms with Crippen LogP contribution in [0.3, 0.4) is 0 Å². The summed E-state index contributed by atoms with van der Waals surface area (Å²) in [5.41, 5.74) is 2.39. The number of carbonyl (C=O) groups is 1. The van der Waals surface area contributed by atoms with Crippen molar-refractivity contribution < 1.29 is 24.1 Å². The highest BCUT2D eigenvalue weighted by atomic mass is 127. The van der Waals surface area contributed by atoms with Gasteiger partial charge in [-0.1, -0.05) is 37.6 Å². The number of aliphatic hydroxyl groups is 1. The first-order valence-corrected chi connectivity index (χ1v) is 14.0. The molecule has 3 aliphatic rings. The van der Waals surface area contributed by atoms with E-state index in [2.05, 4.69) is 39.7 Å². The number of carbonyl (C=O) groups excluding carboxylic acids is 1. The third kappa shape index (κ3) is 4.72. The normalized spacial score (nSPS) is 28.9. The van der Waals surface area contributed by atoms with Gasteiger partial charge in [-0.05, 0) is 65.5 Å². The lowest BCUT2D eigenvalue weighted by atomic mass is 9.69. The minimum absolute atomic E-state index is 0.0386. The van der Waals surface area contributed by atoms with E-state index in [1.807, 2.05) is 42.5 Å². The third-order valence-electron chi connectivity index (χ3n) is 8.42. The van der Waals surface area contributed by atoms with Crippen LogP contribution in [0.1, 0.15) is 37.3 Å². The maximum absolute atomic E-state index is 13.0. The van der Waals surface area contributed by atoms with Gasteiger partial charge in [0.2, 0.25) is 0 Å². The van der Waals surface area contributed by atoms with E-state index in [1.54, 1.807) is 13.4 Å². The number of nitrogens with zero attached hydrogens (tertiary/aromatic N) is 1. The maximum Gasteiger partial charge on any atom is 0.337 e. The molecule has 2 N–H and O–H groups in total. The molecule has 0 saturated carbocycles. The summed E-state index contributed by atoms with van der Waals surface area (Å²) in [6.45, 7) is 4.21. The van der Waals surface area contributed by atoms with Gasteiger partial charge in [0.25, 0.3) is 0 Å². The van der Waals surface area contributed by atoms with Crippen molar-refractivity contribution in [2.75, 3.05) is 32.6 Å². The van der Waals surface area contributed by atoms with Crippen molar-refractivity contribution in [1.29, 1.82) is 0 Å². The Bertz CT molecular complexity index is 1190. The fourth-order valence-electron chi connectivity index (χ4n) is 6.52. The fraction of sp³-hybridized carbons (Fsp3) is 0.483. The Morgan fingerprint density at radius 2 is 2.05 bits per heavy atom. The molecule has 5 atom stereocenters. The first-order valence-electron chi connectivity index (χ1n) is 12.9. The van der Waals surface area contributed by atoms with Gasteiger partial charge in [-0.15, -0.1) is 0 Å². The Morgan fingerprint density at radius 3 is 2.78 bits per heavy atom. The van der Waals surface area contributed by atoms with E-state index in [9.17, 15) is 9.90 Å². The quantitative estimate of drug-likeness (QED) is 0.202. The summed E-state index contributed by atoms with van der Waals surface area (Å²) >= 11 is 2.29. The molecule has 198 valence electrons. The van der Waals surface area contributed by atoms with E-state index in [0.29, 0.717) is 24.4 Å². The van der Waals surface area contributed by atoms with Crippen LogP contribution in [-0.2, 0) is 26.5 Å². The zero-order valence-corrected chi connectivity index (χ0v) is 23.7. The SMILES string of the molecule is CC[C@@H]1CN2CC[C@]3(O)c4c(cccc4OC)N[C@@H]3[C@@H]2C[C@@H]1/C(=C\OCc1ccccc1I)C(=O)OC. The van der Waals surface area contributed by atoms with Crippen LogP contribution in [0.25, 0.3) is 0 Å². The molecule has 8 heteroatoms. The number of hydrogen-bond acceptors (Lipinski definition) is 7. The Balaban J connectivity index is 1.43. The number of anilines is 1. The van der Waals surface area contributed by atoms with Gasteiger partial charge in [0.1, 0.15) is 18.0 Å². The van der Waals surface area contributed by atoms with E-state index in [-0.39, 0.29) is 29.9 Å². The second kappa shape index (κ2) is 10.8. The molecule has 0 radical (unpaired) electrons. The number of rotatable bonds is 7. The molecule has 3 heterocycles. The van der Waals surface area contributed by atoms with Crippen molar-refractivity contribution in [2.45, 2.75) is 50.5 Å². The average Bonchev–Trinajstić information content (AvgIpc) is 3.24. The minimum Gasteiger partial charge on any atom is -0.496 e. The van der Waals surface area contributed by atoms with Crippen molar-refractivity contribution in [2.24, 2.45) is 11.8 Å². The van der Waals surface area contributed by atoms with Gasteiger partial charge in [-0.2, -0.15) is 0 Å². The largest absolute Gasteiger partial charge is 0.496 e. The van der Waals surface area contributed by atoms with Gasteiger partial charge >= 0.3 is 5.97 Å². The first-order chi connectivity index (χ1) is 17.9. The summed E-state index contributed by atoms with van der Waals surface area (Å²) in [7, 11) is 3.07.